The number of benzene rings is 1. The lowest BCUT2D eigenvalue weighted by Gasteiger charge is -2.03. The van der Waals surface area contributed by atoms with Crippen LogP contribution in [0.5, 0.6) is 0 Å². The molecule has 10 heteroatoms. The zero-order valence-electron chi connectivity index (χ0n) is 15.7. The molecule has 152 valence electrons. The molecule has 1 N–H and O–H groups in total. The monoisotopic (exact) mass is 403 g/mol. The number of furan rings is 1. The third-order valence-corrected chi connectivity index (χ3v) is 3.75. The summed E-state index contributed by atoms with van der Waals surface area (Å²) in [6, 6.07) is 6.31. The Morgan fingerprint density at radius 3 is 2.69 bits per heavy atom. The van der Waals surface area contributed by atoms with Crippen molar-refractivity contribution in [3.63, 3.8) is 0 Å². The highest BCUT2D eigenvalue weighted by Gasteiger charge is 2.25. The molecule has 2 aromatic heterocycles. The van der Waals surface area contributed by atoms with Crippen LogP contribution in [0.25, 0.3) is 11.1 Å². The van der Waals surface area contributed by atoms with Crippen LogP contribution in [-0.2, 0) is 9.47 Å². The number of anilines is 1. The molecular weight excluding hydrogens is 385 g/mol. The highest BCUT2D eigenvalue weighted by molar-refractivity contribution is 6.08. The van der Waals surface area contributed by atoms with Crippen LogP contribution in [0.4, 0.5) is 15.0 Å². The van der Waals surface area contributed by atoms with Gasteiger partial charge in [0.25, 0.3) is 5.91 Å². The Morgan fingerprint density at radius 2 is 2.00 bits per heavy atom. The number of halogens is 1. The third kappa shape index (κ3) is 4.26. The van der Waals surface area contributed by atoms with Gasteiger partial charge in [-0.2, -0.15) is 4.68 Å². The Balaban J connectivity index is 1.99. The average molecular weight is 403 g/mol. The molecule has 1 amide bonds. The van der Waals surface area contributed by atoms with Crippen LogP contribution in [0, 0.1) is 5.82 Å². The Bertz CT molecular complexity index is 1070. The smallest absolute Gasteiger partial charge is 0.435 e. The first-order valence-corrected chi connectivity index (χ1v) is 8.88. The lowest BCUT2D eigenvalue weighted by atomic mass is 10.2. The minimum atomic E-state index is -0.821. The molecule has 0 aliphatic carbocycles. The highest BCUT2D eigenvalue weighted by atomic mass is 19.1. The van der Waals surface area contributed by atoms with Crippen LogP contribution in [0.2, 0.25) is 0 Å². The molecule has 3 aromatic rings. The van der Waals surface area contributed by atoms with E-state index in [-0.39, 0.29) is 41.5 Å². The highest BCUT2D eigenvalue weighted by Crippen LogP contribution is 2.28. The molecule has 0 spiro atoms. The fourth-order valence-electron chi connectivity index (χ4n) is 2.49. The van der Waals surface area contributed by atoms with E-state index in [0.29, 0.717) is 6.42 Å². The zero-order valence-corrected chi connectivity index (χ0v) is 15.7. The SMILES string of the molecule is CCCOC(=O)c1cc2c(o1)c(NC(=O)c1cccc(F)c1)nn2C(=O)OCC. The van der Waals surface area contributed by atoms with Crippen LogP contribution in [-0.4, -0.2) is 41.0 Å². The van der Waals surface area contributed by atoms with Gasteiger partial charge < -0.3 is 19.2 Å². The van der Waals surface area contributed by atoms with Gasteiger partial charge in [-0.15, -0.1) is 5.10 Å². The van der Waals surface area contributed by atoms with Crippen molar-refractivity contribution in [1.29, 1.82) is 0 Å². The van der Waals surface area contributed by atoms with E-state index in [9.17, 15) is 18.8 Å². The maximum absolute atomic E-state index is 13.4. The van der Waals surface area contributed by atoms with Gasteiger partial charge in [-0.05, 0) is 31.5 Å². The second-order valence-electron chi connectivity index (χ2n) is 5.88. The van der Waals surface area contributed by atoms with E-state index in [1.807, 2.05) is 6.92 Å². The minimum absolute atomic E-state index is 0.0220. The fourth-order valence-corrected chi connectivity index (χ4v) is 2.49. The number of carbonyl (C=O) groups is 3. The number of aromatic nitrogens is 2. The lowest BCUT2D eigenvalue weighted by molar-refractivity contribution is 0.0471. The van der Waals surface area contributed by atoms with Crippen LogP contribution in [0.3, 0.4) is 0 Å². The first-order valence-electron chi connectivity index (χ1n) is 8.88. The summed E-state index contributed by atoms with van der Waals surface area (Å²) in [6.45, 7) is 3.75. The number of esters is 1. The number of nitrogens with one attached hydrogen (secondary N) is 1. The molecule has 9 nitrogen and oxygen atoms in total. The summed E-state index contributed by atoms with van der Waals surface area (Å²) < 4.78 is 29.7. The van der Waals surface area contributed by atoms with Crippen molar-refractivity contribution in [3.05, 3.63) is 47.5 Å². The summed E-state index contributed by atoms with van der Waals surface area (Å²) in [5.41, 5.74) is 0.130. The summed E-state index contributed by atoms with van der Waals surface area (Å²) in [7, 11) is 0. The molecule has 2 heterocycles. The van der Waals surface area contributed by atoms with Crippen LogP contribution in [0.15, 0.2) is 34.7 Å². The van der Waals surface area contributed by atoms with E-state index >= 15 is 0 Å². The van der Waals surface area contributed by atoms with Gasteiger partial charge in [0.05, 0.1) is 13.2 Å². The number of ether oxygens (including phenoxy) is 2. The molecule has 0 bridgehead atoms. The van der Waals surface area contributed by atoms with Gasteiger partial charge >= 0.3 is 12.1 Å². The summed E-state index contributed by atoms with van der Waals surface area (Å²) in [6.07, 6.45) is -0.199. The topological polar surface area (TPSA) is 113 Å². The second kappa shape index (κ2) is 8.55. The first-order chi connectivity index (χ1) is 13.9. The van der Waals surface area contributed by atoms with Gasteiger partial charge in [-0.1, -0.05) is 13.0 Å². The van der Waals surface area contributed by atoms with Crippen LogP contribution < -0.4 is 5.32 Å². The molecule has 0 radical (unpaired) electrons. The normalized spacial score (nSPS) is 10.7. The molecule has 0 unspecified atom stereocenters. The Kier molecular flexibility index (Phi) is 5.91. The van der Waals surface area contributed by atoms with Crippen molar-refractivity contribution in [1.82, 2.24) is 9.78 Å². The van der Waals surface area contributed by atoms with Crippen molar-refractivity contribution in [2.24, 2.45) is 0 Å². The molecule has 0 fully saturated rings. The zero-order chi connectivity index (χ0) is 21.0. The number of rotatable bonds is 6. The van der Waals surface area contributed by atoms with Crippen molar-refractivity contribution in [2.45, 2.75) is 20.3 Å². The van der Waals surface area contributed by atoms with E-state index in [1.54, 1.807) is 6.92 Å². The average Bonchev–Trinajstić information content (AvgIpc) is 3.27. The number of fused-ring (bicyclic) bond motifs is 1. The molecule has 0 atom stereocenters. The number of hydrogen-bond donors (Lipinski definition) is 1. The fraction of sp³-hybridized carbons (Fsp3) is 0.263. The number of hydrogen-bond acceptors (Lipinski definition) is 7. The van der Waals surface area contributed by atoms with E-state index in [1.165, 1.54) is 24.3 Å². The molecular formula is C19H18FN3O6. The molecule has 0 aliphatic rings. The van der Waals surface area contributed by atoms with E-state index in [0.717, 1.165) is 10.7 Å². The molecule has 29 heavy (non-hydrogen) atoms. The molecule has 1 aromatic carbocycles. The summed E-state index contributed by atoms with van der Waals surface area (Å²) in [4.78, 5) is 36.7. The number of amides is 1. The molecule has 0 saturated heterocycles. The largest absolute Gasteiger partial charge is 0.460 e. The molecule has 0 aliphatic heterocycles. The predicted octanol–water partition coefficient (Wildman–Crippen LogP) is 3.59. The predicted molar refractivity (Wildman–Crippen MR) is 99.3 cm³/mol. The van der Waals surface area contributed by atoms with E-state index in [4.69, 9.17) is 13.9 Å². The number of carbonyl (C=O) groups excluding carboxylic acids is 3. The maximum Gasteiger partial charge on any atom is 0.435 e. The lowest BCUT2D eigenvalue weighted by Crippen LogP contribution is -2.17. The first kappa shape index (κ1) is 20.1. The van der Waals surface area contributed by atoms with Gasteiger partial charge in [-0.25, -0.2) is 14.0 Å². The van der Waals surface area contributed by atoms with Crippen molar-refractivity contribution >= 4 is 34.9 Å². The quantitative estimate of drug-likeness (QED) is 0.626. The standard InChI is InChI=1S/C19H18FN3O6/c1-3-8-28-18(25)14-10-13-15(29-14)16(22-23(13)19(26)27-4-2)21-17(24)11-6-5-7-12(20)9-11/h5-7,9-10H,3-4,8H2,1-2H3,(H,21,22,24). The van der Waals surface area contributed by atoms with Gasteiger partial charge in [-0.3, -0.25) is 4.79 Å². The Labute approximate surface area is 164 Å². The van der Waals surface area contributed by atoms with E-state index < -0.39 is 23.8 Å². The van der Waals surface area contributed by atoms with Crippen molar-refractivity contribution < 1.29 is 32.7 Å². The Morgan fingerprint density at radius 1 is 1.21 bits per heavy atom. The van der Waals surface area contributed by atoms with Crippen LogP contribution >= 0.6 is 0 Å². The van der Waals surface area contributed by atoms with Gasteiger partial charge in [0.2, 0.25) is 5.76 Å². The molecule has 3 rings (SSSR count). The van der Waals surface area contributed by atoms with Crippen molar-refractivity contribution in [2.75, 3.05) is 18.5 Å². The van der Waals surface area contributed by atoms with Gasteiger partial charge in [0, 0.05) is 11.6 Å². The summed E-state index contributed by atoms with van der Waals surface area (Å²) >= 11 is 0. The Hall–Kier alpha value is -3.69. The molecule has 0 saturated carbocycles. The third-order valence-electron chi connectivity index (χ3n) is 3.75. The minimum Gasteiger partial charge on any atom is -0.460 e. The summed E-state index contributed by atoms with van der Waals surface area (Å²) in [5.74, 6) is -2.27. The van der Waals surface area contributed by atoms with Gasteiger partial charge in [0.1, 0.15) is 11.3 Å². The number of nitrogens with zero attached hydrogens (tertiary/aromatic N) is 2. The second-order valence-corrected chi connectivity index (χ2v) is 5.88. The van der Waals surface area contributed by atoms with E-state index in [2.05, 4.69) is 10.4 Å². The summed E-state index contributed by atoms with van der Waals surface area (Å²) in [5, 5.41) is 6.44. The van der Waals surface area contributed by atoms with Crippen LogP contribution in [0.1, 0.15) is 41.2 Å². The maximum atomic E-state index is 13.4. The van der Waals surface area contributed by atoms with Gasteiger partial charge in [0.15, 0.2) is 11.4 Å². The van der Waals surface area contributed by atoms with Crippen molar-refractivity contribution in [3.8, 4) is 0 Å².